The average Bonchev–Trinajstić information content (AvgIpc) is 3.15. The predicted octanol–water partition coefficient (Wildman–Crippen LogP) is 5.89. The summed E-state index contributed by atoms with van der Waals surface area (Å²) in [7, 11) is 0. The summed E-state index contributed by atoms with van der Waals surface area (Å²) in [6, 6.07) is 0.0892. The topological polar surface area (TPSA) is 78.5 Å². The summed E-state index contributed by atoms with van der Waals surface area (Å²) in [5, 5.41) is 26.8. The molecule has 4 nitrogen and oxygen atoms in total. The van der Waals surface area contributed by atoms with Gasteiger partial charge in [-0.2, -0.15) is 0 Å². The highest BCUT2D eigenvalue weighted by Crippen LogP contribution is 2.69. The van der Waals surface area contributed by atoms with E-state index in [1.807, 2.05) is 0 Å². The molecular formula is C31H58N2O2. The van der Waals surface area contributed by atoms with Crippen LogP contribution in [0.1, 0.15) is 118 Å². The Morgan fingerprint density at radius 3 is 2.43 bits per heavy atom. The molecule has 4 fully saturated rings. The molecule has 0 aromatic rings. The van der Waals surface area contributed by atoms with Crippen LogP contribution in [0.2, 0.25) is 0 Å². The maximum atomic E-state index is 12.3. The van der Waals surface area contributed by atoms with Gasteiger partial charge in [-0.3, -0.25) is 0 Å². The molecule has 204 valence electrons. The summed E-state index contributed by atoms with van der Waals surface area (Å²) >= 11 is 0. The Kier molecular flexibility index (Phi) is 8.68. The third-order valence-electron chi connectivity index (χ3n) is 12.1. The van der Waals surface area contributed by atoms with E-state index in [0.717, 1.165) is 68.9 Å². The molecule has 0 bridgehead atoms. The first-order valence-corrected chi connectivity index (χ1v) is 15.4. The minimum Gasteiger partial charge on any atom is -0.393 e. The van der Waals surface area contributed by atoms with Crippen LogP contribution in [-0.4, -0.2) is 41.0 Å². The molecule has 0 saturated heterocycles. The fourth-order valence-electron chi connectivity index (χ4n) is 10.1. The van der Waals surface area contributed by atoms with E-state index in [2.05, 4.69) is 39.9 Å². The van der Waals surface area contributed by atoms with Crippen molar-refractivity contribution in [1.82, 2.24) is 5.32 Å². The highest BCUT2D eigenvalue weighted by atomic mass is 16.3. The van der Waals surface area contributed by atoms with Gasteiger partial charge in [0.1, 0.15) is 0 Å². The number of hydrogen-bond donors (Lipinski definition) is 4. The molecule has 35 heavy (non-hydrogen) atoms. The van der Waals surface area contributed by atoms with E-state index >= 15 is 0 Å². The first-order chi connectivity index (χ1) is 16.6. The largest absolute Gasteiger partial charge is 0.393 e. The van der Waals surface area contributed by atoms with Gasteiger partial charge >= 0.3 is 0 Å². The first kappa shape index (κ1) is 27.9. The van der Waals surface area contributed by atoms with Crippen LogP contribution in [0, 0.1) is 46.3 Å². The van der Waals surface area contributed by atoms with Crippen LogP contribution in [0.25, 0.3) is 0 Å². The highest BCUT2D eigenvalue weighted by molar-refractivity contribution is 5.18. The van der Waals surface area contributed by atoms with Gasteiger partial charge in [0.05, 0.1) is 11.7 Å². The van der Waals surface area contributed by atoms with Crippen molar-refractivity contribution in [3.05, 3.63) is 0 Å². The van der Waals surface area contributed by atoms with Crippen molar-refractivity contribution in [1.29, 1.82) is 0 Å². The van der Waals surface area contributed by atoms with Crippen LogP contribution in [0.5, 0.6) is 0 Å². The van der Waals surface area contributed by atoms with E-state index < -0.39 is 5.60 Å². The fourth-order valence-corrected chi connectivity index (χ4v) is 10.1. The highest BCUT2D eigenvalue weighted by Gasteiger charge is 2.67. The molecule has 5 N–H and O–H groups in total. The lowest BCUT2D eigenvalue weighted by Gasteiger charge is -2.66. The minimum absolute atomic E-state index is 0.0892. The second-order valence-electron chi connectivity index (χ2n) is 14.4. The number of unbranched alkanes of at least 4 members (excludes halogenated alkanes) is 1. The zero-order valence-electron chi connectivity index (χ0n) is 23.7. The van der Waals surface area contributed by atoms with Crippen LogP contribution in [0.3, 0.4) is 0 Å². The average molecular weight is 491 g/mol. The van der Waals surface area contributed by atoms with Crippen molar-refractivity contribution in [2.45, 2.75) is 136 Å². The molecule has 0 spiro atoms. The van der Waals surface area contributed by atoms with Crippen LogP contribution < -0.4 is 11.1 Å². The van der Waals surface area contributed by atoms with E-state index in [0.29, 0.717) is 23.7 Å². The van der Waals surface area contributed by atoms with Gasteiger partial charge in [-0.05, 0) is 112 Å². The molecule has 4 aliphatic carbocycles. The smallest absolute Gasteiger partial charge is 0.0880 e. The second kappa shape index (κ2) is 10.9. The van der Waals surface area contributed by atoms with Crippen molar-refractivity contribution in [3.63, 3.8) is 0 Å². The molecule has 4 aliphatic rings. The van der Waals surface area contributed by atoms with Crippen LogP contribution in [0.4, 0.5) is 0 Å². The third kappa shape index (κ3) is 5.00. The summed E-state index contributed by atoms with van der Waals surface area (Å²) < 4.78 is 0. The molecule has 0 aromatic heterocycles. The van der Waals surface area contributed by atoms with Crippen molar-refractivity contribution in [3.8, 4) is 0 Å². The number of fused-ring (bicyclic) bond motifs is 5. The summed E-state index contributed by atoms with van der Waals surface area (Å²) in [6.45, 7) is 14.0. The Hall–Kier alpha value is -0.160. The maximum Gasteiger partial charge on any atom is 0.0880 e. The lowest BCUT2D eigenvalue weighted by Crippen LogP contribution is -2.71. The van der Waals surface area contributed by atoms with Crippen molar-refractivity contribution >= 4 is 0 Å². The van der Waals surface area contributed by atoms with Crippen LogP contribution >= 0.6 is 0 Å². The van der Waals surface area contributed by atoms with Crippen molar-refractivity contribution < 1.29 is 10.2 Å². The second-order valence-corrected chi connectivity index (χ2v) is 14.4. The van der Waals surface area contributed by atoms with Gasteiger partial charge in [0.25, 0.3) is 0 Å². The standard InChI is InChI=1S/C31H58N2O2/c1-21(2)9-8-10-22(3)25-11-12-26-24-19-28(33-18-7-6-17-32)31(35)20-23(34)13-16-30(31,5)27(24)14-15-29(25,26)4/h21-28,33-35H,6-20,32H2,1-5H3/t22?,23-,24?,25?,26?,27?,28+,29?,30?,31-/m0/s1. The number of rotatable bonds is 10. The number of hydrogen-bond acceptors (Lipinski definition) is 4. The number of nitrogens with two attached hydrogens (primary N) is 1. The van der Waals surface area contributed by atoms with E-state index in [1.54, 1.807) is 0 Å². The third-order valence-corrected chi connectivity index (χ3v) is 12.1. The first-order valence-electron chi connectivity index (χ1n) is 15.4. The molecule has 4 saturated carbocycles. The Morgan fingerprint density at radius 2 is 1.71 bits per heavy atom. The predicted molar refractivity (Wildman–Crippen MR) is 146 cm³/mol. The quantitative estimate of drug-likeness (QED) is 0.288. The lowest BCUT2D eigenvalue weighted by molar-refractivity contribution is -0.234. The lowest BCUT2D eigenvalue weighted by atomic mass is 9.42. The Labute approximate surface area is 216 Å². The normalized spacial score (nSPS) is 46.2. The van der Waals surface area contributed by atoms with Crippen molar-refractivity contribution in [2.24, 2.45) is 52.1 Å². The summed E-state index contributed by atoms with van der Waals surface area (Å²) in [6.07, 6.45) is 14.7. The van der Waals surface area contributed by atoms with E-state index in [1.165, 1.54) is 44.9 Å². The van der Waals surface area contributed by atoms with Gasteiger partial charge in [-0.15, -0.1) is 0 Å². The van der Waals surface area contributed by atoms with E-state index in [4.69, 9.17) is 5.73 Å². The van der Waals surface area contributed by atoms with Gasteiger partial charge in [-0.1, -0.05) is 53.9 Å². The zero-order valence-corrected chi connectivity index (χ0v) is 23.7. The number of aliphatic hydroxyl groups excluding tert-OH is 1. The molecule has 4 rings (SSSR count). The Morgan fingerprint density at radius 1 is 0.943 bits per heavy atom. The van der Waals surface area contributed by atoms with E-state index in [-0.39, 0.29) is 17.6 Å². The fraction of sp³-hybridized carbons (Fsp3) is 1.00. The molecule has 0 radical (unpaired) electrons. The molecule has 7 unspecified atom stereocenters. The molecule has 4 heteroatoms. The Bertz CT molecular complexity index is 699. The van der Waals surface area contributed by atoms with Gasteiger partial charge in [0.15, 0.2) is 0 Å². The van der Waals surface area contributed by atoms with Crippen LogP contribution in [-0.2, 0) is 0 Å². The number of aliphatic hydroxyl groups is 2. The molecule has 0 aliphatic heterocycles. The minimum atomic E-state index is -0.801. The maximum absolute atomic E-state index is 12.3. The molecule has 0 amide bonds. The van der Waals surface area contributed by atoms with E-state index in [9.17, 15) is 10.2 Å². The van der Waals surface area contributed by atoms with Crippen LogP contribution in [0.15, 0.2) is 0 Å². The summed E-state index contributed by atoms with van der Waals surface area (Å²) in [4.78, 5) is 0. The summed E-state index contributed by atoms with van der Waals surface area (Å²) in [5.74, 6) is 4.59. The molecule has 0 heterocycles. The van der Waals surface area contributed by atoms with Gasteiger partial charge in [0.2, 0.25) is 0 Å². The van der Waals surface area contributed by atoms with Gasteiger partial charge in [-0.25, -0.2) is 0 Å². The monoisotopic (exact) mass is 490 g/mol. The van der Waals surface area contributed by atoms with Gasteiger partial charge in [0, 0.05) is 17.9 Å². The zero-order chi connectivity index (χ0) is 25.4. The van der Waals surface area contributed by atoms with Crippen molar-refractivity contribution in [2.75, 3.05) is 13.1 Å². The van der Waals surface area contributed by atoms with Gasteiger partial charge < -0.3 is 21.3 Å². The Balaban J connectivity index is 1.54. The summed E-state index contributed by atoms with van der Waals surface area (Å²) in [5.41, 5.74) is 5.32. The molecule has 0 aromatic carbocycles. The number of nitrogens with one attached hydrogen (secondary N) is 1. The molecular weight excluding hydrogens is 432 g/mol. The SMILES string of the molecule is CC(C)CCCC(C)C1CCC2C3C[C@@H](NCCCCN)[C@@]4(O)C[C@@H](O)CCC4(C)C3CCC12C. The molecule has 10 atom stereocenters.